The fourth-order valence-corrected chi connectivity index (χ4v) is 9.65. The summed E-state index contributed by atoms with van der Waals surface area (Å²) in [5, 5.41) is 11.2. The van der Waals surface area contributed by atoms with Crippen molar-refractivity contribution in [1.29, 1.82) is 0 Å². The van der Waals surface area contributed by atoms with Crippen LogP contribution in [0.5, 0.6) is 0 Å². The van der Waals surface area contributed by atoms with Crippen LogP contribution in [-0.4, -0.2) is 35.0 Å². The summed E-state index contributed by atoms with van der Waals surface area (Å²) in [5.41, 5.74) is 2.15. The maximum Gasteiger partial charge on any atom is 0.316 e. The Kier molecular flexibility index (Phi) is 5.11. The molecule has 0 spiro atoms. The largest absolute Gasteiger partial charge is 0.464 e. The van der Waals surface area contributed by atoms with Crippen LogP contribution in [0.15, 0.2) is 64.3 Å². The van der Waals surface area contributed by atoms with Gasteiger partial charge in [-0.25, -0.2) is 0 Å². The standard InChI is InChI=1S/C32H33NO7/c1-6-22-31(4)23(34)11-13-30(3)27(31)26(40-29(30)35)28-32(22,5)24-16(2)20(15-21(24)39-28)19-12-14-38-25(19)17-7-9-18(10-8-17)33(36)37/h7-14,20-22,26-28H,6,15H2,1-5H3/t20-,21-,22-,26-,27+,28-,30-,31+,32-/m1/s1. The molecule has 40 heavy (non-hydrogen) atoms. The van der Waals surface area contributed by atoms with Crippen molar-refractivity contribution < 1.29 is 28.4 Å². The van der Waals surface area contributed by atoms with E-state index in [4.69, 9.17) is 13.9 Å². The van der Waals surface area contributed by atoms with Crippen LogP contribution in [0.4, 0.5) is 5.69 Å². The Bertz CT molecular complexity index is 1530. The second-order valence-electron chi connectivity index (χ2n) is 12.8. The van der Waals surface area contributed by atoms with E-state index in [1.807, 2.05) is 19.9 Å². The Morgan fingerprint density at radius 3 is 2.48 bits per heavy atom. The molecule has 1 aromatic heterocycles. The fourth-order valence-electron chi connectivity index (χ4n) is 9.65. The summed E-state index contributed by atoms with van der Waals surface area (Å²) in [7, 11) is 0. The number of nitro benzene ring substituents is 1. The number of hydrogen-bond donors (Lipinski definition) is 0. The molecule has 3 aliphatic carbocycles. The SMILES string of the molecule is CC[C@H]1[C@]2(C)C3=C(C)[C@H](c4ccoc4-c4ccc([N+](=O)[O-])cc4)C[C@H]3O[C@@H]2[C@@H]2OC(=O)[C@]3(C)C=CC(=O)[C@@]1(C)[C@@H]23. The lowest BCUT2D eigenvalue weighted by Gasteiger charge is -2.59. The molecule has 1 aromatic carbocycles. The van der Waals surface area contributed by atoms with Gasteiger partial charge in [0.15, 0.2) is 5.78 Å². The predicted octanol–water partition coefficient (Wildman–Crippen LogP) is 6.17. The zero-order valence-corrected chi connectivity index (χ0v) is 23.3. The minimum Gasteiger partial charge on any atom is -0.464 e. The number of fused-ring (bicyclic) bond motifs is 4. The van der Waals surface area contributed by atoms with E-state index in [0.29, 0.717) is 12.2 Å². The molecule has 2 aliphatic heterocycles. The van der Waals surface area contributed by atoms with Crippen molar-refractivity contribution in [2.75, 3.05) is 0 Å². The van der Waals surface area contributed by atoms with E-state index in [0.717, 1.165) is 17.5 Å². The Morgan fingerprint density at radius 2 is 1.80 bits per heavy atom. The number of allylic oxidation sites excluding steroid dienone is 2. The molecule has 0 N–H and O–H groups in total. The van der Waals surface area contributed by atoms with Gasteiger partial charge in [-0.15, -0.1) is 0 Å². The van der Waals surface area contributed by atoms with Gasteiger partial charge in [-0.3, -0.25) is 19.7 Å². The van der Waals surface area contributed by atoms with Crippen molar-refractivity contribution in [3.8, 4) is 11.3 Å². The van der Waals surface area contributed by atoms with E-state index in [-0.39, 0.29) is 47.4 Å². The predicted molar refractivity (Wildman–Crippen MR) is 145 cm³/mol. The van der Waals surface area contributed by atoms with Gasteiger partial charge in [0.05, 0.1) is 22.7 Å². The van der Waals surface area contributed by atoms with Gasteiger partial charge < -0.3 is 13.9 Å². The van der Waals surface area contributed by atoms with Crippen LogP contribution >= 0.6 is 0 Å². The molecule has 0 radical (unpaired) electrons. The third kappa shape index (κ3) is 2.85. The van der Waals surface area contributed by atoms with E-state index in [9.17, 15) is 19.7 Å². The van der Waals surface area contributed by atoms with Gasteiger partial charge in [-0.05, 0) is 56.0 Å². The molecular formula is C32H33NO7. The first-order valence-corrected chi connectivity index (χ1v) is 14.1. The highest BCUT2D eigenvalue weighted by atomic mass is 16.6. The number of furan rings is 1. The highest BCUT2D eigenvalue weighted by molar-refractivity contribution is 6.00. The summed E-state index contributed by atoms with van der Waals surface area (Å²) in [6.07, 6.45) is 5.55. The molecule has 3 fully saturated rings. The van der Waals surface area contributed by atoms with Crippen LogP contribution in [0, 0.1) is 38.2 Å². The smallest absolute Gasteiger partial charge is 0.316 e. The Morgan fingerprint density at radius 1 is 1.07 bits per heavy atom. The van der Waals surface area contributed by atoms with Crippen molar-refractivity contribution in [1.82, 2.24) is 0 Å². The quantitative estimate of drug-likeness (QED) is 0.196. The molecule has 0 bridgehead atoms. The number of carbonyl (C=O) groups is 2. The van der Waals surface area contributed by atoms with Crippen molar-refractivity contribution >= 4 is 17.4 Å². The molecule has 0 amide bonds. The fraction of sp³-hybridized carbons (Fsp3) is 0.500. The van der Waals surface area contributed by atoms with Crippen molar-refractivity contribution in [3.05, 3.63) is 75.6 Å². The van der Waals surface area contributed by atoms with Gasteiger partial charge in [-0.1, -0.05) is 38.8 Å². The second kappa shape index (κ2) is 8.03. The van der Waals surface area contributed by atoms with E-state index < -0.39 is 27.3 Å². The topological polar surface area (TPSA) is 109 Å². The highest BCUT2D eigenvalue weighted by Gasteiger charge is 2.77. The molecular weight excluding hydrogens is 510 g/mol. The normalized spacial score (nSPS) is 41.1. The summed E-state index contributed by atoms with van der Waals surface area (Å²) in [6.45, 7) is 10.5. The summed E-state index contributed by atoms with van der Waals surface area (Å²) in [4.78, 5) is 37.7. The molecule has 0 unspecified atom stereocenters. The van der Waals surface area contributed by atoms with Gasteiger partial charge in [0.1, 0.15) is 18.0 Å². The average molecular weight is 544 g/mol. The molecule has 7 rings (SSSR count). The molecule has 1 saturated carbocycles. The maximum atomic E-state index is 13.7. The molecule has 2 saturated heterocycles. The zero-order chi connectivity index (χ0) is 28.4. The van der Waals surface area contributed by atoms with E-state index in [2.05, 4.69) is 20.8 Å². The number of carbonyl (C=O) groups excluding carboxylic acids is 2. The minimum atomic E-state index is -0.842. The van der Waals surface area contributed by atoms with Crippen molar-refractivity contribution in [2.45, 2.75) is 71.7 Å². The number of hydrogen-bond acceptors (Lipinski definition) is 7. The molecule has 208 valence electrons. The lowest BCUT2D eigenvalue weighted by molar-refractivity contribution is -0.384. The van der Waals surface area contributed by atoms with Crippen molar-refractivity contribution in [3.63, 3.8) is 0 Å². The Hall–Kier alpha value is -3.52. The lowest BCUT2D eigenvalue weighted by atomic mass is 9.42. The third-order valence-corrected chi connectivity index (χ3v) is 11.2. The zero-order valence-electron chi connectivity index (χ0n) is 23.3. The molecule has 5 aliphatic rings. The van der Waals surface area contributed by atoms with Gasteiger partial charge in [0, 0.05) is 45.9 Å². The Balaban J connectivity index is 1.33. The first kappa shape index (κ1) is 25.4. The van der Waals surface area contributed by atoms with Crippen LogP contribution in [0.3, 0.4) is 0 Å². The highest BCUT2D eigenvalue weighted by Crippen LogP contribution is 2.72. The third-order valence-electron chi connectivity index (χ3n) is 11.2. The number of esters is 1. The average Bonchev–Trinajstić information content (AvgIpc) is 3.65. The van der Waals surface area contributed by atoms with Crippen LogP contribution in [0.2, 0.25) is 0 Å². The molecule has 3 heterocycles. The molecule has 8 heteroatoms. The summed E-state index contributed by atoms with van der Waals surface area (Å²) in [6, 6.07) is 8.39. The second-order valence-corrected chi connectivity index (χ2v) is 12.8. The van der Waals surface area contributed by atoms with E-state index in [1.165, 1.54) is 23.3 Å². The lowest BCUT2D eigenvalue weighted by Crippen LogP contribution is -2.65. The number of non-ortho nitro benzene ring substituents is 1. The first-order chi connectivity index (χ1) is 19.0. The summed E-state index contributed by atoms with van der Waals surface area (Å²) >= 11 is 0. The number of nitrogens with zero attached hydrogens (tertiary/aromatic N) is 1. The van der Waals surface area contributed by atoms with Crippen LogP contribution in [0.1, 0.15) is 58.9 Å². The molecule has 2 aromatic rings. The number of rotatable bonds is 4. The Labute approximate surface area is 232 Å². The van der Waals surface area contributed by atoms with E-state index >= 15 is 0 Å². The number of ether oxygens (including phenoxy) is 2. The monoisotopic (exact) mass is 543 g/mol. The van der Waals surface area contributed by atoms with Gasteiger partial charge >= 0.3 is 5.97 Å². The van der Waals surface area contributed by atoms with E-state index in [1.54, 1.807) is 30.5 Å². The van der Waals surface area contributed by atoms with Crippen LogP contribution < -0.4 is 0 Å². The summed E-state index contributed by atoms with van der Waals surface area (Å²) in [5.74, 6) is 0.208. The number of nitro groups is 1. The summed E-state index contributed by atoms with van der Waals surface area (Å²) < 4.78 is 18.9. The minimum absolute atomic E-state index is 0.0306. The van der Waals surface area contributed by atoms with Gasteiger partial charge in [0.25, 0.3) is 5.69 Å². The first-order valence-electron chi connectivity index (χ1n) is 14.1. The van der Waals surface area contributed by atoms with Gasteiger partial charge in [0.2, 0.25) is 0 Å². The van der Waals surface area contributed by atoms with Crippen LogP contribution in [-0.2, 0) is 19.1 Å². The molecule has 9 atom stereocenters. The number of ketones is 1. The van der Waals surface area contributed by atoms with Crippen LogP contribution in [0.25, 0.3) is 11.3 Å². The number of benzene rings is 1. The maximum absolute atomic E-state index is 13.7. The van der Waals surface area contributed by atoms with Crippen molar-refractivity contribution in [2.24, 2.45) is 28.1 Å². The van der Waals surface area contributed by atoms with Gasteiger partial charge in [-0.2, -0.15) is 0 Å². The molecule has 8 nitrogen and oxygen atoms in total.